The number of hydrogen-bond acceptors (Lipinski definition) is 3. The van der Waals surface area contributed by atoms with E-state index in [2.05, 4.69) is 0 Å². The van der Waals surface area contributed by atoms with Crippen molar-refractivity contribution in [3.63, 3.8) is 0 Å². The first kappa shape index (κ1) is 12.5. The molecule has 0 aliphatic carbocycles. The highest BCUT2D eigenvalue weighted by Gasteiger charge is 2.24. The van der Waals surface area contributed by atoms with E-state index in [-0.39, 0.29) is 24.0 Å². The smallest absolute Gasteiger partial charge is 0.229 e. The SMILES string of the molecule is Nc1ccc(CN2C(=O)CCCCC2=O)cc1F. The Balaban J connectivity index is 2.17. The number of anilines is 1. The molecule has 0 radical (unpaired) electrons. The quantitative estimate of drug-likeness (QED) is 0.643. The van der Waals surface area contributed by atoms with Crippen molar-refractivity contribution in [2.24, 2.45) is 0 Å². The van der Waals surface area contributed by atoms with Crippen LogP contribution in [0.15, 0.2) is 18.2 Å². The van der Waals surface area contributed by atoms with Crippen molar-refractivity contribution < 1.29 is 14.0 Å². The van der Waals surface area contributed by atoms with Crippen LogP contribution in [0.1, 0.15) is 31.2 Å². The Labute approximate surface area is 105 Å². The Hall–Kier alpha value is -1.91. The van der Waals surface area contributed by atoms with Crippen molar-refractivity contribution >= 4 is 17.5 Å². The number of rotatable bonds is 2. The maximum atomic E-state index is 13.3. The van der Waals surface area contributed by atoms with E-state index in [4.69, 9.17) is 5.73 Å². The molecule has 0 aromatic heterocycles. The summed E-state index contributed by atoms with van der Waals surface area (Å²) in [6, 6.07) is 4.34. The lowest BCUT2D eigenvalue weighted by atomic mass is 10.2. The van der Waals surface area contributed by atoms with Crippen molar-refractivity contribution in [1.29, 1.82) is 0 Å². The van der Waals surface area contributed by atoms with Gasteiger partial charge in [0.1, 0.15) is 5.82 Å². The number of carbonyl (C=O) groups excluding carboxylic acids is 2. The fraction of sp³-hybridized carbons (Fsp3) is 0.385. The van der Waals surface area contributed by atoms with Gasteiger partial charge >= 0.3 is 0 Å². The van der Waals surface area contributed by atoms with Crippen molar-refractivity contribution in [1.82, 2.24) is 4.90 Å². The monoisotopic (exact) mass is 250 g/mol. The molecule has 0 bridgehead atoms. The summed E-state index contributed by atoms with van der Waals surface area (Å²) in [5.74, 6) is -0.897. The molecule has 2 amide bonds. The first-order chi connectivity index (χ1) is 8.58. The lowest BCUT2D eigenvalue weighted by Gasteiger charge is -2.18. The molecule has 1 heterocycles. The van der Waals surface area contributed by atoms with E-state index in [9.17, 15) is 14.0 Å². The van der Waals surface area contributed by atoms with E-state index in [1.807, 2.05) is 0 Å². The molecule has 0 saturated carbocycles. The van der Waals surface area contributed by atoms with Crippen LogP contribution in [0.4, 0.5) is 10.1 Å². The summed E-state index contributed by atoms with van der Waals surface area (Å²) in [6.07, 6.45) is 2.22. The van der Waals surface area contributed by atoms with E-state index in [0.29, 0.717) is 18.4 Å². The fourth-order valence-electron chi connectivity index (χ4n) is 1.99. The molecule has 0 spiro atoms. The molecular formula is C13H15FN2O2. The second kappa shape index (κ2) is 5.16. The molecule has 0 unspecified atom stereocenters. The Morgan fingerprint density at radius 2 is 1.78 bits per heavy atom. The summed E-state index contributed by atoms with van der Waals surface area (Å²) >= 11 is 0. The van der Waals surface area contributed by atoms with E-state index < -0.39 is 5.82 Å². The van der Waals surface area contributed by atoms with Crippen LogP contribution in [0.2, 0.25) is 0 Å². The molecule has 96 valence electrons. The average Bonchev–Trinajstić information content (AvgIpc) is 2.49. The van der Waals surface area contributed by atoms with Crippen molar-refractivity contribution in [3.05, 3.63) is 29.6 Å². The summed E-state index contributed by atoms with van der Waals surface area (Å²) in [4.78, 5) is 24.7. The zero-order chi connectivity index (χ0) is 13.1. The molecule has 0 atom stereocenters. The van der Waals surface area contributed by atoms with Crippen LogP contribution in [0.5, 0.6) is 0 Å². The molecule has 2 rings (SSSR count). The van der Waals surface area contributed by atoms with Crippen LogP contribution in [-0.2, 0) is 16.1 Å². The second-order valence-corrected chi connectivity index (χ2v) is 4.44. The van der Waals surface area contributed by atoms with Gasteiger partial charge in [0.25, 0.3) is 0 Å². The van der Waals surface area contributed by atoms with Gasteiger partial charge in [-0.2, -0.15) is 0 Å². The number of benzene rings is 1. The lowest BCUT2D eigenvalue weighted by molar-refractivity contribution is -0.144. The highest BCUT2D eigenvalue weighted by atomic mass is 19.1. The van der Waals surface area contributed by atoms with E-state index in [1.165, 1.54) is 17.0 Å². The largest absolute Gasteiger partial charge is 0.396 e. The third-order valence-electron chi connectivity index (χ3n) is 3.04. The number of nitrogen functional groups attached to an aromatic ring is 1. The molecule has 1 aromatic rings. The van der Waals surface area contributed by atoms with Gasteiger partial charge < -0.3 is 5.73 Å². The second-order valence-electron chi connectivity index (χ2n) is 4.44. The van der Waals surface area contributed by atoms with E-state index >= 15 is 0 Å². The van der Waals surface area contributed by atoms with Gasteiger partial charge in [-0.25, -0.2) is 4.39 Å². The van der Waals surface area contributed by atoms with Gasteiger partial charge in [-0.3, -0.25) is 14.5 Å². The van der Waals surface area contributed by atoms with Crippen molar-refractivity contribution in [2.45, 2.75) is 32.2 Å². The van der Waals surface area contributed by atoms with Crippen LogP contribution in [-0.4, -0.2) is 16.7 Å². The van der Waals surface area contributed by atoms with Crippen molar-refractivity contribution in [3.8, 4) is 0 Å². The number of nitrogens with two attached hydrogens (primary N) is 1. The molecule has 4 nitrogen and oxygen atoms in total. The minimum Gasteiger partial charge on any atom is -0.396 e. The minimum absolute atomic E-state index is 0.0623. The first-order valence-electron chi connectivity index (χ1n) is 5.95. The number of nitrogens with zero attached hydrogens (tertiary/aromatic N) is 1. The van der Waals surface area contributed by atoms with Gasteiger partial charge in [0, 0.05) is 12.8 Å². The third-order valence-corrected chi connectivity index (χ3v) is 3.04. The molecule has 5 heteroatoms. The average molecular weight is 250 g/mol. The molecule has 1 saturated heterocycles. The normalized spacial score (nSPS) is 16.8. The molecular weight excluding hydrogens is 235 g/mol. The number of carbonyl (C=O) groups is 2. The van der Waals surface area contributed by atoms with Gasteiger partial charge in [-0.1, -0.05) is 6.07 Å². The Bertz CT molecular complexity index is 470. The van der Waals surface area contributed by atoms with Crippen LogP contribution in [0, 0.1) is 5.82 Å². The highest BCUT2D eigenvalue weighted by Crippen LogP contribution is 2.18. The summed E-state index contributed by atoms with van der Waals surface area (Å²) in [7, 11) is 0. The van der Waals surface area contributed by atoms with Gasteiger partial charge in [-0.15, -0.1) is 0 Å². The molecule has 1 aliphatic heterocycles. The first-order valence-corrected chi connectivity index (χ1v) is 5.95. The van der Waals surface area contributed by atoms with Crippen LogP contribution in [0.3, 0.4) is 0 Å². The predicted molar refractivity (Wildman–Crippen MR) is 64.8 cm³/mol. The highest BCUT2D eigenvalue weighted by molar-refractivity contribution is 5.95. The Kier molecular flexibility index (Phi) is 3.60. The van der Waals surface area contributed by atoms with Crippen LogP contribution in [0.25, 0.3) is 0 Å². The van der Waals surface area contributed by atoms with Gasteiger partial charge in [0.2, 0.25) is 11.8 Å². The molecule has 1 aromatic carbocycles. The van der Waals surface area contributed by atoms with E-state index in [0.717, 1.165) is 12.8 Å². The maximum Gasteiger partial charge on any atom is 0.229 e. The zero-order valence-corrected chi connectivity index (χ0v) is 9.99. The number of hydrogen-bond donors (Lipinski definition) is 1. The topological polar surface area (TPSA) is 63.4 Å². The third kappa shape index (κ3) is 2.67. The summed E-state index contributed by atoms with van der Waals surface area (Å²) in [5.41, 5.74) is 6.02. The van der Waals surface area contributed by atoms with Crippen LogP contribution >= 0.6 is 0 Å². The summed E-state index contributed by atoms with van der Waals surface area (Å²) in [6.45, 7) is 0.120. The van der Waals surface area contributed by atoms with Crippen LogP contribution < -0.4 is 5.73 Å². The Morgan fingerprint density at radius 3 is 2.33 bits per heavy atom. The minimum atomic E-state index is -0.526. The number of amides is 2. The molecule has 1 fully saturated rings. The Morgan fingerprint density at radius 1 is 1.17 bits per heavy atom. The standard InChI is InChI=1S/C13H15FN2O2/c14-10-7-9(5-6-11(10)15)8-16-12(17)3-1-2-4-13(16)18/h5-7H,1-4,8,15H2. The molecule has 1 aliphatic rings. The molecule has 2 N–H and O–H groups in total. The predicted octanol–water partition coefficient (Wildman–Crippen LogP) is 1.84. The number of likely N-dealkylation sites (tertiary alicyclic amines) is 1. The number of imide groups is 1. The zero-order valence-electron chi connectivity index (χ0n) is 9.99. The van der Waals surface area contributed by atoms with Crippen molar-refractivity contribution in [2.75, 3.05) is 5.73 Å². The lowest BCUT2D eigenvalue weighted by Crippen LogP contribution is -2.34. The summed E-state index contributed by atoms with van der Waals surface area (Å²) in [5, 5.41) is 0. The van der Waals surface area contributed by atoms with Gasteiger partial charge in [0.15, 0.2) is 0 Å². The fourth-order valence-corrected chi connectivity index (χ4v) is 1.99. The number of halogens is 1. The van der Waals surface area contributed by atoms with Gasteiger partial charge in [0.05, 0.1) is 12.2 Å². The summed E-state index contributed by atoms with van der Waals surface area (Å²) < 4.78 is 13.3. The molecule has 18 heavy (non-hydrogen) atoms. The van der Waals surface area contributed by atoms with Gasteiger partial charge in [-0.05, 0) is 30.5 Å². The van der Waals surface area contributed by atoms with E-state index in [1.54, 1.807) is 6.07 Å². The maximum absolute atomic E-state index is 13.3.